The standard InChI is InChI=1S/C13H14N2O2S/c1-8-3-4-12(18-8)9(2)15-11-7-14-6-5-10(11)13(16)17/h3-7,9,15H,1-2H3,(H,16,17). The van der Waals surface area contributed by atoms with Gasteiger partial charge in [-0.15, -0.1) is 11.3 Å². The lowest BCUT2D eigenvalue weighted by molar-refractivity contribution is 0.0698. The van der Waals surface area contributed by atoms with Gasteiger partial charge in [0.2, 0.25) is 0 Å². The smallest absolute Gasteiger partial charge is 0.337 e. The first-order valence-corrected chi connectivity index (χ1v) is 6.39. The molecular weight excluding hydrogens is 248 g/mol. The van der Waals surface area contributed by atoms with E-state index in [0.29, 0.717) is 5.69 Å². The highest BCUT2D eigenvalue weighted by Gasteiger charge is 2.13. The maximum absolute atomic E-state index is 11.1. The quantitative estimate of drug-likeness (QED) is 0.887. The lowest BCUT2D eigenvalue weighted by atomic mass is 10.2. The number of aromatic nitrogens is 1. The molecule has 18 heavy (non-hydrogen) atoms. The molecule has 0 amide bonds. The molecule has 2 aromatic heterocycles. The molecule has 0 aliphatic heterocycles. The molecule has 1 unspecified atom stereocenters. The Morgan fingerprint density at radius 1 is 1.44 bits per heavy atom. The number of carboxylic acid groups (broad SMARTS) is 1. The van der Waals surface area contributed by atoms with Gasteiger partial charge in [-0.05, 0) is 32.0 Å². The van der Waals surface area contributed by atoms with Crippen LogP contribution in [0.15, 0.2) is 30.6 Å². The van der Waals surface area contributed by atoms with Crippen LogP contribution in [0.4, 0.5) is 5.69 Å². The normalized spacial score (nSPS) is 12.1. The maximum Gasteiger partial charge on any atom is 0.337 e. The summed E-state index contributed by atoms with van der Waals surface area (Å²) < 4.78 is 0. The van der Waals surface area contributed by atoms with E-state index in [2.05, 4.69) is 22.4 Å². The minimum Gasteiger partial charge on any atom is -0.478 e. The maximum atomic E-state index is 11.1. The summed E-state index contributed by atoms with van der Waals surface area (Å²) in [5.74, 6) is -0.950. The van der Waals surface area contributed by atoms with Gasteiger partial charge in [0.1, 0.15) is 0 Å². The van der Waals surface area contributed by atoms with E-state index in [1.54, 1.807) is 17.5 Å². The van der Waals surface area contributed by atoms with Gasteiger partial charge in [-0.2, -0.15) is 0 Å². The molecule has 0 aromatic carbocycles. The average Bonchev–Trinajstić information content (AvgIpc) is 2.76. The van der Waals surface area contributed by atoms with Crippen molar-refractivity contribution in [2.45, 2.75) is 19.9 Å². The van der Waals surface area contributed by atoms with Crippen LogP contribution in [0.3, 0.4) is 0 Å². The summed E-state index contributed by atoms with van der Waals surface area (Å²) in [6, 6.07) is 5.66. The molecule has 2 heterocycles. The summed E-state index contributed by atoms with van der Waals surface area (Å²) in [5, 5.41) is 12.3. The van der Waals surface area contributed by atoms with Crippen LogP contribution in [0.2, 0.25) is 0 Å². The molecule has 2 N–H and O–H groups in total. The Bertz CT molecular complexity index is 566. The molecule has 0 aliphatic carbocycles. The molecule has 2 rings (SSSR count). The van der Waals surface area contributed by atoms with Crippen molar-refractivity contribution >= 4 is 23.0 Å². The van der Waals surface area contributed by atoms with Crippen LogP contribution < -0.4 is 5.32 Å². The number of aryl methyl sites for hydroxylation is 1. The zero-order valence-electron chi connectivity index (χ0n) is 10.2. The minimum absolute atomic E-state index is 0.0611. The largest absolute Gasteiger partial charge is 0.478 e. The molecule has 1 atom stereocenters. The molecule has 0 saturated heterocycles. The van der Waals surface area contributed by atoms with E-state index < -0.39 is 5.97 Å². The summed E-state index contributed by atoms with van der Waals surface area (Å²) in [7, 11) is 0. The Morgan fingerprint density at radius 2 is 2.22 bits per heavy atom. The van der Waals surface area contributed by atoms with E-state index in [4.69, 9.17) is 5.11 Å². The van der Waals surface area contributed by atoms with Crippen molar-refractivity contribution in [1.82, 2.24) is 4.98 Å². The molecule has 0 radical (unpaired) electrons. The molecule has 0 spiro atoms. The Morgan fingerprint density at radius 3 is 2.83 bits per heavy atom. The number of anilines is 1. The fraction of sp³-hybridized carbons (Fsp3) is 0.231. The molecule has 4 nitrogen and oxygen atoms in total. The van der Waals surface area contributed by atoms with Crippen molar-refractivity contribution in [3.63, 3.8) is 0 Å². The topological polar surface area (TPSA) is 62.2 Å². The van der Waals surface area contributed by atoms with Crippen LogP contribution in [-0.4, -0.2) is 16.1 Å². The van der Waals surface area contributed by atoms with Crippen LogP contribution in [0, 0.1) is 6.92 Å². The van der Waals surface area contributed by atoms with Gasteiger partial charge in [-0.25, -0.2) is 4.79 Å². The first kappa shape index (κ1) is 12.6. The van der Waals surface area contributed by atoms with Crippen molar-refractivity contribution in [2.75, 3.05) is 5.32 Å². The highest BCUT2D eigenvalue weighted by atomic mass is 32.1. The third-order valence-corrected chi connectivity index (χ3v) is 3.79. The predicted molar refractivity (Wildman–Crippen MR) is 72.3 cm³/mol. The van der Waals surface area contributed by atoms with E-state index in [-0.39, 0.29) is 11.6 Å². The molecule has 0 bridgehead atoms. The Labute approximate surface area is 109 Å². The highest BCUT2D eigenvalue weighted by molar-refractivity contribution is 7.12. The van der Waals surface area contributed by atoms with E-state index in [9.17, 15) is 4.79 Å². The van der Waals surface area contributed by atoms with Gasteiger partial charge in [0.05, 0.1) is 23.5 Å². The van der Waals surface area contributed by atoms with Crippen molar-refractivity contribution in [2.24, 2.45) is 0 Å². The van der Waals surface area contributed by atoms with Crippen LogP contribution in [-0.2, 0) is 0 Å². The van der Waals surface area contributed by atoms with Gasteiger partial charge >= 0.3 is 5.97 Å². The fourth-order valence-electron chi connectivity index (χ4n) is 1.69. The van der Waals surface area contributed by atoms with E-state index in [0.717, 1.165) is 0 Å². The van der Waals surface area contributed by atoms with Crippen molar-refractivity contribution < 1.29 is 9.90 Å². The molecule has 5 heteroatoms. The number of aromatic carboxylic acids is 1. The first-order valence-electron chi connectivity index (χ1n) is 5.58. The Hall–Kier alpha value is -1.88. The minimum atomic E-state index is -0.950. The number of carboxylic acids is 1. The SMILES string of the molecule is Cc1ccc(C(C)Nc2cnccc2C(=O)O)s1. The van der Waals surface area contributed by atoms with Gasteiger partial charge in [0, 0.05) is 16.0 Å². The second-order valence-electron chi connectivity index (χ2n) is 4.04. The van der Waals surface area contributed by atoms with E-state index >= 15 is 0 Å². The van der Waals surface area contributed by atoms with Gasteiger partial charge in [0.15, 0.2) is 0 Å². The molecular formula is C13H14N2O2S. The first-order chi connectivity index (χ1) is 8.58. The lowest BCUT2D eigenvalue weighted by Crippen LogP contribution is -2.10. The van der Waals surface area contributed by atoms with Crippen LogP contribution in [0.1, 0.15) is 33.1 Å². The zero-order chi connectivity index (χ0) is 13.1. The van der Waals surface area contributed by atoms with Gasteiger partial charge < -0.3 is 10.4 Å². The summed E-state index contributed by atoms with van der Waals surface area (Å²) >= 11 is 1.70. The van der Waals surface area contributed by atoms with Gasteiger partial charge in [-0.3, -0.25) is 4.98 Å². The summed E-state index contributed by atoms with van der Waals surface area (Å²) in [6.07, 6.45) is 3.02. The molecule has 0 aliphatic rings. The Kier molecular flexibility index (Phi) is 3.62. The second kappa shape index (κ2) is 5.18. The van der Waals surface area contributed by atoms with Gasteiger partial charge in [-0.1, -0.05) is 0 Å². The third kappa shape index (κ3) is 2.68. The van der Waals surface area contributed by atoms with E-state index in [1.165, 1.54) is 22.0 Å². The summed E-state index contributed by atoms with van der Waals surface area (Å²) in [6.45, 7) is 4.05. The number of nitrogens with one attached hydrogen (secondary N) is 1. The zero-order valence-corrected chi connectivity index (χ0v) is 11.0. The third-order valence-electron chi connectivity index (χ3n) is 2.61. The second-order valence-corrected chi connectivity index (χ2v) is 5.36. The number of carbonyl (C=O) groups is 1. The van der Waals surface area contributed by atoms with Crippen molar-refractivity contribution in [1.29, 1.82) is 0 Å². The summed E-state index contributed by atoms with van der Waals surface area (Å²) in [4.78, 5) is 17.4. The molecule has 94 valence electrons. The monoisotopic (exact) mass is 262 g/mol. The van der Waals surface area contributed by atoms with Crippen molar-refractivity contribution in [3.05, 3.63) is 45.9 Å². The van der Waals surface area contributed by atoms with Crippen LogP contribution in [0.5, 0.6) is 0 Å². The fourth-order valence-corrected chi connectivity index (χ4v) is 2.57. The number of hydrogen-bond acceptors (Lipinski definition) is 4. The molecule has 2 aromatic rings. The van der Waals surface area contributed by atoms with E-state index in [1.807, 2.05) is 13.8 Å². The van der Waals surface area contributed by atoms with Crippen molar-refractivity contribution in [3.8, 4) is 0 Å². The number of rotatable bonds is 4. The molecule has 0 saturated carbocycles. The predicted octanol–water partition coefficient (Wildman–Crippen LogP) is 3.32. The summed E-state index contributed by atoms with van der Waals surface area (Å²) in [5.41, 5.74) is 0.786. The lowest BCUT2D eigenvalue weighted by Gasteiger charge is -2.15. The number of pyridine rings is 1. The van der Waals surface area contributed by atoms with Crippen LogP contribution in [0.25, 0.3) is 0 Å². The number of thiophene rings is 1. The van der Waals surface area contributed by atoms with Crippen LogP contribution >= 0.6 is 11.3 Å². The highest BCUT2D eigenvalue weighted by Crippen LogP contribution is 2.26. The number of nitrogens with zero attached hydrogens (tertiary/aromatic N) is 1. The Balaban J connectivity index is 2.21. The number of hydrogen-bond donors (Lipinski definition) is 2. The van der Waals surface area contributed by atoms with Gasteiger partial charge in [0.25, 0.3) is 0 Å². The average molecular weight is 262 g/mol. The molecule has 0 fully saturated rings.